The number of Topliss-reactive ketones (excluding diaryl/α,β-unsaturated/α-hetero) is 1. The molecule has 1 atom stereocenters. The van der Waals surface area contributed by atoms with Gasteiger partial charge in [0.25, 0.3) is 0 Å². The second-order valence-corrected chi connectivity index (χ2v) is 5.03. The van der Waals surface area contributed by atoms with E-state index in [1.807, 2.05) is 6.92 Å². The lowest BCUT2D eigenvalue weighted by atomic mass is 10.0. The summed E-state index contributed by atoms with van der Waals surface area (Å²) in [6, 6.07) is 0. The van der Waals surface area contributed by atoms with Crippen molar-refractivity contribution in [3.63, 3.8) is 0 Å². The second kappa shape index (κ2) is 8.26. The molecule has 98 valence electrons. The maximum absolute atomic E-state index is 11.5. The third-order valence-electron chi connectivity index (χ3n) is 3.24. The minimum absolute atomic E-state index is 0.0271. The lowest BCUT2D eigenvalue weighted by Gasteiger charge is -2.13. The second-order valence-electron chi connectivity index (χ2n) is 5.03. The SMILES string of the molecule is C[C@H]1CCCCCCCCCC(=O)CC(=O)O1. The van der Waals surface area contributed by atoms with Crippen LogP contribution in [0.25, 0.3) is 0 Å². The number of carbonyl (C=O) groups excluding carboxylic acids is 2. The van der Waals surface area contributed by atoms with Crippen molar-refractivity contribution in [2.24, 2.45) is 0 Å². The highest BCUT2D eigenvalue weighted by molar-refractivity contribution is 5.95. The van der Waals surface area contributed by atoms with Crippen LogP contribution in [0.15, 0.2) is 0 Å². The lowest BCUT2D eigenvalue weighted by Crippen LogP contribution is -2.18. The van der Waals surface area contributed by atoms with Crippen molar-refractivity contribution in [1.82, 2.24) is 0 Å². The minimum atomic E-state index is -0.348. The van der Waals surface area contributed by atoms with Gasteiger partial charge in [-0.25, -0.2) is 0 Å². The van der Waals surface area contributed by atoms with Crippen molar-refractivity contribution in [3.05, 3.63) is 0 Å². The molecule has 1 aliphatic heterocycles. The molecule has 0 aromatic carbocycles. The summed E-state index contributed by atoms with van der Waals surface area (Å²) in [5.74, 6) is -0.321. The maximum atomic E-state index is 11.5. The van der Waals surface area contributed by atoms with E-state index in [-0.39, 0.29) is 24.3 Å². The van der Waals surface area contributed by atoms with Gasteiger partial charge >= 0.3 is 5.97 Å². The fourth-order valence-electron chi connectivity index (χ4n) is 2.21. The van der Waals surface area contributed by atoms with Crippen LogP contribution in [0, 0.1) is 0 Å². The summed E-state index contributed by atoms with van der Waals surface area (Å²) < 4.78 is 5.21. The standard InChI is InChI=1S/C14H24O3/c1-12-9-7-5-3-2-4-6-8-10-13(15)11-14(16)17-12/h12H,2-11H2,1H3/t12-/m0/s1. The number of ketones is 1. The summed E-state index contributed by atoms with van der Waals surface area (Å²) in [5, 5.41) is 0. The Labute approximate surface area is 104 Å². The van der Waals surface area contributed by atoms with E-state index in [2.05, 4.69) is 0 Å². The Morgan fingerprint density at radius 2 is 1.53 bits per heavy atom. The lowest BCUT2D eigenvalue weighted by molar-refractivity contribution is -0.150. The summed E-state index contributed by atoms with van der Waals surface area (Å²) in [6.07, 6.45) is 9.47. The topological polar surface area (TPSA) is 43.4 Å². The Bertz CT molecular complexity index is 248. The van der Waals surface area contributed by atoms with Crippen LogP contribution < -0.4 is 0 Å². The first kappa shape index (κ1) is 14.2. The van der Waals surface area contributed by atoms with Crippen LogP contribution in [-0.2, 0) is 14.3 Å². The highest BCUT2D eigenvalue weighted by Gasteiger charge is 2.14. The van der Waals surface area contributed by atoms with Gasteiger partial charge in [-0.2, -0.15) is 0 Å². The molecule has 3 nitrogen and oxygen atoms in total. The van der Waals surface area contributed by atoms with Gasteiger partial charge in [0.05, 0.1) is 6.10 Å². The molecule has 0 radical (unpaired) electrons. The van der Waals surface area contributed by atoms with E-state index in [1.165, 1.54) is 25.7 Å². The molecule has 1 rings (SSSR count). The Morgan fingerprint density at radius 1 is 0.941 bits per heavy atom. The molecular weight excluding hydrogens is 216 g/mol. The van der Waals surface area contributed by atoms with Crippen molar-refractivity contribution in [3.8, 4) is 0 Å². The zero-order chi connectivity index (χ0) is 12.5. The van der Waals surface area contributed by atoms with Crippen LogP contribution in [0.5, 0.6) is 0 Å². The van der Waals surface area contributed by atoms with Gasteiger partial charge in [-0.15, -0.1) is 0 Å². The monoisotopic (exact) mass is 240 g/mol. The first-order valence-electron chi connectivity index (χ1n) is 6.89. The van der Waals surface area contributed by atoms with Gasteiger partial charge < -0.3 is 4.74 Å². The minimum Gasteiger partial charge on any atom is -0.462 e. The van der Waals surface area contributed by atoms with Gasteiger partial charge in [0.2, 0.25) is 0 Å². The van der Waals surface area contributed by atoms with Crippen LogP contribution in [0.3, 0.4) is 0 Å². The number of ether oxygens (including phenoxy) is 1. The molecule has 1 heterocycles. The number of hydrogen-bond acceptors (Lipinski definition) is 3. The van der Waals surface area contributed by atoms with E-state index in [0.29, 0.717) is 6.42 Å². The summed E-state index contributed by atoms with van der Waals surface area (Å²) >= 11 is 0. The Balaban J connectivity index is 2.36. The summed E-state index contributed by atoms with van der Waals surface area (Å²) in [4.78, 5) is 22.9. The molecule has 0 saturated carbocycles. The zero-order valence-electron chi connectivity index (χ0n) is 10.9. The molecule has 3 heteroatoms. The first-order chi connectivity index (χ1) is 8.18. The Hall–Kier alpha value is -0.860. The van der Waals surface area contributed by atoms with Crippen LogP contribution in [0.2, 0.25) is 0 Å². The Morgan fingerprint density at radius 3 is 2.24 bits per heavy atom. The van der Waals surface area contributed by atoms with Crippen LogP contribution in [0.1, 0.15) is 71.1 Å². The van der Waals surface area contributed by atoms with Gasteiger partial charge in [0.15, 0.2) is 0 Å². The fraction of sp³-hybridized carbons (Fsp3) is 0.857. The number of cyclic esters (lactones) is 1. The molecule has 1 saturated heterocycles. The number of hydrogen-bond donors (Lipinski definition) is 0. The van der Waals surface area contributed by atoms with E-state index in [0.717, 1.165) is 25.7 Å². The largest absolute Gasteiger partial charge is 0.462 e. The summed E-state index contributed by atoms with van der Waals surface area (Å²) in [6.45, 7) is 1.91. The highest BCUT2D eigenvalue weighted by Crippen LogP contribution is 2.14. The molecule has 0 aromatic heterocycles. The molecule has 0 amide bonds. The number of carbonyl (C=O) groups is 2. The molecule has 0 bridgehead atoms. The first-order valence-corrected chi connectivity index (χ1v) is 6.89. The van der Waals surface area contributed by atoms with E-state index in [1.54, 1.807) is 0 Å². The molecule has 0 unspecified atom stereocenters. The summed E-state index contributed by atoms with van der Waals surface area (Å²) in [7, 11) is 0. The highest BCUT2D eigenvalue weighted by atomic mass is 16.5. The third-order valence-corrected chi connectivity index (χ3v) is 3.24. The van der Waals surface area contributed by atoms with E-state index >= 15 is 0 Å². The maximum Gasteiger partial charge on any atom is 0.313 e. The predicted octanol–water partition coefficient (Wildman–Crippen LogP) is 3.40. The van der Waals surface area contributed by atoms with Gasteiger partial charge in [0.1, 0.15) is 12.2 Å². The average Bonchev–Trinajstić information content (AvgIpc) is 2.25. The molecule has 0 aliphatic carbocycles. The molecule has 0 spiro atoms. The fourth-order valence-corrected chi connectivity index (χ4v) is 2.21. The van der Waals surface area contributed by atoms with Crippen molar-refractivity contribution in [2.45, 2.75) is 77.2 Å². The van der Waals surface area contributed by atoms with E-state index < -0.39 is 0 Å². The summed E-state index contributed by atoms with van der Waals surface area (Å²) in [5.41, 5.74) is 0. The van der Waals surface area contributed by atoms with Crippen LogP contribution >= 0.6 is 0 Å². The van der Waals surface area contributed by atoms with Gasteiger partial charge in [-0.05, 0) is 26.2 Å². The third kappa shape index (κ3) is 7.14. The molecule has 0 N–H and O–H groups in total. The average molecular weight is 240 g/mol. The van der Waals surface area contributed by atoms with Crippen molar-refractivity contribution >= 4 is 11.8 Å². The molecule has 17 heavy (non-hydrogen) atoms. The van der Waals surface area contributed by atoms with Crippen molar-refractivity contribution in [2.75, 3.05) is 0 Å². The van der Waals surface area contributed by atoms with Crippen LogP contribution in [-0.4, -0.2) is 17.9 Å². The van der Waals surface area contributed by atoms with Crippen LogP contribution in [0.4, 0.5) is 0 Å². The molecule has 0 aromatic rings. The van der Waals surface area contributed by atoms with Gasteiger partial charge in [0, 0.05) is 6.42 Å². The smallest absolute Gasteiger partial charge is 0.313 e. The zero-order valence-corrected chi connectivity index (χ0v) is 10.9. The predicted molar refractivity (Wildman–Crippen MR) is 66.7 cm³/mol. The normalized spacial score (nSPS) is 26.1. The van der Waals surface area contributed by atoms with Crippen molar-refractivity contribution in [1.29, 1.82) is 0 Å². The van der Waals surface area contributed by atoms with E-state index in [4.69, 9.17) is 4.74 Å². The molecular formula is C14H24O3. The molecule has 1 aliphatic rings. The number of esters is 1. The Kier molecular flexibility index (Phi) is 6.90. The van der Waals surface area contributed by atoms with Gasteiger partial charge in [-0.1, -0.05) is 32.1 Å². The van der Waals surface area contributed by atoms with E-state index in [9.17, 15) is 9.59 Å². The number of rotatable bonds is 0. The van der Waals surface area contributed by atoms with Crippen molar-refractivity contribution < 1.29 is 14.3 Å². The quantitative estimate of drug-likeness (QED) is 0.481. The van der Waals surface area contributed by atoms with Gasteiger partial charge in [-0.3, -0.25) is 9.59 Å². The molecule has 1 fully saturated rings.